The molecule has 2 heterocycles. The number of pyridine rings is 2. The lowest BCUT2D eigenvalue weighted by Gasteiger charge is -2.10. The first-order chi connectivity index (χ1) is 9.78. The lowest BCUT2D eigenvalue weighted by molar-refractivity contribution is 0.289. The van der Waals surface area contributed by atoms with Crippen LogP contribution in [0.3, 0.4) is 0 Å². The summed E-state index contributed by atoms with van der Waals surface area (Å²) in [6, 6.07) is 5.65. The van der Waals surface area contributed by atoms with E-state index in [0.29, 0.717) is 29.7 Å². The van der Waals surface area contributed by atoms with Crippen LogP contribution in [0.2, 0.25) is 0 Å². The molecule has 1 fully saturated rings. The summed E-state index contributed by atoms with van der Waals surface area (Å²) in [6.07, 6.45) is 7.79. The highest BCUT2D eigenvalue weighted by Gasteiger charge is 2.23. The van der Waals surface area contributed by atoms with Gasteiger partial charge in [-0.05, 0) is 50.0 Å². The van der Waals surface area contributed by atoms with Gasteiger partial charge in [0, 0.05) is 6.20 Å². The van der Waals surface area contributed by atoms with Crippen molar-refractivity contribution in [1.82, 2.24) is 9.97 Å². The lowest BCUT2D eigenvalue weighted by atomic mass is 10.1. The summed E-state index contributed by atoms with van der Waals surface area (Å²) in [6.45, 7) is 2.58. The molecule has 0 bridgehead atoms. The fourth-order valence-corrected chi connectivity index (χ4v) is 2.02. The van der Waals surface area contributed by atoms with E-state index in [1.165, 1.54) is 12.8 Å². The van der Waals surface area contributed by atoms with Gasteiger partial charge in [-0.15, -0.1) is 0 Å². The molecule has 0 amide bonds. The molecule has 2 aromatic rings. The predicted octanol–water partition coefficient (Wildman–Crippen LogP) is 3.36. The first-order valence-corrected chi connectivity index (χ1v) is 6.88. The van der Waals surface area contributed by atoms with E-state index < -0.39 is 0 Å². The molecular formula is C16H17N3O. The van der Waals surface area contributed by atoms with Crippen LogP contribution in [0.25, 0.3) is 11.0 Å². The molecule has 4 nitrogen and oxygen atoms in total. The maximum absolute atomic E-state index is 8.11. The molecule has 0 spiro atoms. The van der Waals surface area contributed by atoms with Crippen molar-refractivity contribution in [1.29, 1.82) is 5.41 Å². The zero-order valence-electron chi connectivity index (χ0n) is 11.5. The molecule has 1 aliphatic rings. The average molecular weight is 267 g/mol. The largest absolute Gasteiger partial charge is 0.477 e. The van der Waals surface area contributed by atoms with Gasteiger partial charge in [-0.1, -0.05) is 6.08 Å². The molecule has 3 rings (SSSR count). The van der Waals surface area contributed by atoms with E-state index in [4.69, 9.17) is 10.1 Å². The maximum atomic E-state index is 8.11. The zero-order valence-corrected chi connectivity index (χ0v) is 11.5. The molecule has 1 aliphatic carbocycles. The van der Waals surface area contributed by atoms with Crippen molar-refractivity contribution in [3.05, 3.63) is 42.1 Å². The van der Waals surface area contributed by atoms with Crippen LogP contribution in [-0.4, -0.2) is 22.3 Å². The number of rotatable bonds is 5. The summed E-state index contributed by atoms with van der Waals surface area (Å²) in [5.74, 6) is 1.20. The number of nitrogens with one attached hydrogen (secondary N) is 1. The van der Waals surface area contributed by atoms with Crippen molar-refractivity contribution in [2.45, 2.75) is 19.8 Å². The second kappa shape index (κ2) is 5.41. The Morgan fingerprint density at radius 2 is 2.30 bits per heavy atom. The molecule has 102 valence electrons. The normalized spacial score (nSPS) is 14.8. The molecule has 0 aromatic carbocycles. The third-order valence-corrected chi connectivity index (χ3v) is 3.33. The molecule has 0 atom stereocenters. The van der Waals surface area contributed by atoms with Gasteiger partial charge in [0.15, 0.2) is 0 Å². The van der Waals surface area contributed by atoms with Gasteiger partial charge in [-0.3, -0.25) is 4.98 Å². The van der Waals surface area contributed by atoms with E-state index in [0.717, 1.165) is 11.0 Å². The van der Waals surface area contributed by atoms with E-state index in [1.54, 1.807) is 12.3 Å². The van der Waals surface area contributed by atoms with Crippen LogP contribution < -0.4 is 4.74 Å². The minimum atomic E-state index is 0.401. The SMILES string of the molecule is C/C=C\C(=N)c1cc2ncccc2nc1OCC1CC1. The second-order valence-electron chi connectivity index (χ2n) is 5.05. The fraction of sp³-hybridized carbons (Fsp3) is 0.312. The van der Waals surface area contributed by atoms with Crippen LogP contribution >= 0.6 is 0 Å². The summed E-state index contributed by atoms with van der Waals surface area (Å²) in [4.78, 5) is 8.81. The topological polar surface area (TPSA) is 58.9 Å². The van der Waals surface area contributed by atoms with Crippen molar-refractivity contribution < 1.29 is 4.74 Å². The number of aromatic nitrogens is 2. The fourth-order valence-electron chi connectivity index (χ4n) is 2.02. The predicted molar refractivity (Wildman–Crippen MR) is 79.4 cm³/mol. The number of hydrogen-bond donors (Lipinski definition) is 1. The molecule has 1 saturated carbocycles. The van der Waals surface area contributed by atoms with E-state index in [-0.39, 0.29) is 0 Å². The van der Waals surface area contributed by atoms with Crippen molar-refractivity contribution in [2.75, 3.05) is 6.61 Å². The van der Waals surface area contributed by atoms with Crippen LogP contribution in [0.4, 0.5) is 0 Å². The standard InChI is InChI=1S/C16H17N3O/c1-2-4-13(17)12-9-15-14(5-3-8-18-15)19-16(12)20-10-11-6-7-11/h2-5,8-9,11,17H,6-7,10H2,1H3/b4-2-,17-13?. The third-order valence-electron chi connectivity index (χ3n) is 3.33. The van der Waals surface area contributed by atoms with Gasteiger partial charge < -0.3 is 10.1 Å². The highest BCUT2D eigenvalue weighted by Crippen LogP contribution is 2.30. The Morgan fingerprint density at radius 1 is 1.45 bits per heavy atom. The smallest absolute Gasteiger partial charge is 0.223 e. The minimum absolute atomic E-state index is 0.401. The molecule has 2 aromatic heterocycles. The zero-order chi connectivity index (χ0) is 13.9. The van der Waals surface area contributed by atoms with Gasteiger partial charge in [0.05, 0.1) is 28.9 Å². The summed E-state index contributed by atoms with van der Waals surface area (Å²) < 4.78 is 5.82. The van der Waals surface area contributed by atoms with E-state index in [2.05, 4.69) is 9.97 Å². The molecule has 20 heavy (non-hydrogen) atoms. The second-order valence-corrected chi connectivity index (χ2v) is 5.05. The third kappa shape index (κ3) is 2.69. The summed E-state index contributed by atoms with van der Waals surface area (Å²) in [5.41, 5.74) is 2.69. The lowest BCUT2D eigenvalue weighted by Crippen LogP contribution is -2.07. The summed E-state index contributed by atoms with van der Waals surface area (Å²) in [5, 5.41) is 8.11. The first kappa shape index (κ1) is 12.8. The van der Waals surface area contributed by atoms with Crippen molar-refractivity contribution in [3.8, 4) is 5.88 Å². The van der Waals surface area contributed by atoms with Crippen LogP contribution in [0, 0.1) is 11.3 Å². The molecule has 0 radical (unpaired) electrons. The maximum Gasteiger partial charge on any atom is 0.223 e. The van der Waals surface area contributed by atoms with Gasteiger partial charge in [0.2, 0.25) is 5.88 Å². The molecule has 1 N–H and O–H groups in total. The first-order valence-electron chi connectivity index (χ1n) is 6.88. The van der Waals surface area contributed by atoms with Gasteiger partial charge in [-0.25, -0.2) is 4.98 Å². The Morgan fingerprint density at radius 3 is 3.05 bits per heavy atom. The van der Waals surface area contributed by atoms with E-state index >= 15 is 0 Å². The van der Waals surface area contributed by atoms with Crippen LogP contribution in [0.15, 0.2) is 36.5 Å². The average Bonchev–Trinajstić information content (AvgIpc) is 3.28. The Kier molecular flexibility index (Phi) is 3.46. The Balaban J connectivity index is 2.01. The Hall–Kier alpha value is -2.23. The number of hydrogen-bond acceptors (Lipinski definition) is 4. The van der Waals surface area contributed by atoms with Crippen molar-refractivity contribution in [3.63, 3.8) is 0 Å². The highest BCUT2D eigenvalue weighted by atomic mass is 16.5. The monoisotopic (exact) mass is 267 g/mol. The summed E-state index contributed by atoms with van der Waals surface area (Å²) >= 11 is 0. The van der Waals surface area contributed by atoms with Crippen molar-refractivity contribution >= 4 is 16.7 Å². The quantitative estimate of drug-likeness (QED) is 0.845. The minimum Gasteiger partial charge on any atom is -0.477 e. The molecule has 0 aliphatic heterocycles. The van der Waals surface area contributed by atoms with Crippen LogP contribution in [0.5, 0.6) is 5.88 Å². The van der Waals surface area contributed by atoms with Gasteiger partial charge >= 0.3 is 0 Å². The highest BCUT2D eigenvalue weighted by molar-refractivity contribution is 6.09. The molecular weight excluding hydrogens is 250 g/mol. The molecule has 0 saturated heterocycles. The number of ether oxygens (including phenoxy) is 1. The Labute approximate surface area is 118 Å². The Bertz CT molecular complexity index is 674. The van der Waals surface area contributed by atoms with E-state index in [1.807, 2.05) is 31.2 Å². The molecule has 4 heteroatoms. The van der Waals surface area contributed by atoms with Crippen molar-refractivity contribution in [2.24, 2.45) is 5.92 Å². The van der Waals surface area contributed by atoms with Gasteiger partial charge in [0.25, 0.3) is 0 Å². The number of fused-ring (bicyclic) bond motifs is 1. The van der Waals surface area contributed by atoms with Crippen LogP contribution in [-0.2, 0) is 0 Å². The van der Waals surface area contributed by atoms with Gasteiger partial charge in [0.1, 0.15) is 0 Å². The van der Waals surface area contributed by atoms with Crippen LogP contribution in [0.1, 0.15) is 25.3 Å². The van der Waals surface area contributed by atoms with Gasteiger partial charge in [-0.2, -0.15) is 0 Å². The number of allylic oxidation sites excluding steroid dienone is 2. The molecule has 0 unspecified atom stereocenters. The number of nitrogens with zero attached hydrogens (tertiary/aromatic N) is 2. The van der Waals surface area contributed by atoms with E-state index in [9.17, 15) is 0 Å². The summed E-state index contributed by atoms with van der Waals surface area (Å²) in [7, 11) is 0.